The first-order valence-corrected chi connectivity index (χ1v) is 9.84. The van der Waals surface area contributed by atoms with Crippen molar-refractivity contribution in [3.63, 3.8) is 0 Å². The van der Waals surface area contributed by atoms with Gasteiger partial charge in [0.05, 0.1) is 15.9 Å². The Bertz CT molecular complexity index is 452. The van der Waals surface area contributed by atoms with Crippen LogP contribution < -0.4 is 11.3 Å². The van der Waals surface area contributed by atoms with E-state index in [4.69, 9.17) is 5.84 Å². The molecule has 0 bridgehead atoms. The molecule has 7 heteroatoms. The minimum absolute atomic E-state index is 0.281. The van der Waals surface area contributed by atoms with Gasteiger partial charge in [0.15, 0.2) is 0 Å². The lowest BCUT2D eigenvalue weighted by atomic mass is 10.0. The molecule has 1 aliphatic rings. The normalized spacial score (nSPS) is 24.9. The van der Waals surface area contributed by atoms with Gasteiger partial charge in [-0.05, 0) is 29.3 Å². The molecule has 0 spiro atoms. The lowest BCUT2D eigenvalue weighted by Crippen LogP contribution is -2.49. The van der Waals surface area contributed by atoms with Gasteiger partial charge in [-0.25, -0.2) is 0 Å². The molecule has 1 saturated heterocycles. The number of hydrogen-bond donors (Lipinski definition) is 2. The smallest absolute Gasteiger partial charge is 0.0738 e. The van der Waals surface area contributed by atoms with Gasteiger partial charge in [-0.2, -0.15) is 28.6 Å². The van der Waals surface area contributed by atoms with Crippen LogP contribution >= 0.6 is 39.5 Å². The Labute approximate surface area is 138 Å². The van der Waals surface area contributed by atoms with E-state index in [0.29, 0.717) is 10.5 Å². The van der Waals surface area contributed by atoms with E-state index >= 15 is 0 Å². The number of thioether (sulfide) groups is 2. The van der Waals surface area contributed by atoms with Gasteiger partial charge in [0, 0.05) is 41.5 Å². The Hall–Kier alpha value is 0.310. The second kappa shape index (κ2) is 7.54. The minimum Gasteiger partial charge on any atom is -0.271 e. The first-order chi connectivity index (χ1) is 9.58. The topological polar surface area (TPSA) is 55.9 Å². The van der Waals surface area contributed by atoms with Gasteiger partial charge in [-0.1, -0.05) is 6.92 Å². The number of nitrogens with two attached hydrogens (primary N) is 1. The molecule has 1 fully saturated rings. The number of hydrazine groups is 1. The van der Waals surface area contributed by atoms with E-state index in [9.17, 15) is 0 Å². The molecule has 0 aromatic carbocycles. The third-order valence-electron chi connectivity index (χ3n) is 3.78. The highest BCUT2D eigenvalue weighted by Gasteiger charge is 2.32. The number of hydrogen-bond acceptors (Lipinski definition) is 5. The summed E-state index contributed by atoms with van der Waals surface area (Å²) in [6.45, 7) is 4.30. The zero-order valence-corrected chi connectivity index (χ0v) is 15.4. The number of nitrogens with one attached hydrogen (secondary N) is 1. The molecule has 2 rings (SSSR count). The Morgan fingerprint density at radius 1 is 1.50 bits per heavy atom. The molecule has 1 aromatic heterocycles. The van der Waals surface area contributed by atoms with Crippen molar-refractivity contribution in [1.82, 2.24) is 15.2 Å². The lowest BCUT2D eigenvalue weighted by molar-refractivity contribution is 0.477. The third-order valence-corrected chi connectivity index (χ3v) is 8.22. The summed E-state index contributed by atoms with van der Waals surface area (Å²) in [5, 5.41) is 5.72. The van der Waals surface area contributed by atoms with Crippen LogP contribution in [0.1, 0.15) is 24.7 Å². The fraction of sp³-hybridized carbons (Fsp3) is 0.769. The molecular formula is C13H23BrN4S2. The third kappa shape index (κ3) is 3.55. The van der Waals surface area contributed by atoms with Gasteiger partial charge in [0.1, 0.15) is 0 Å². The van der Waals surface area contributed by atoms with Crippen LogP contribution in [0.5, 0.6) is 0 Å². The van der Waals surface area contributed by atoms with Crippen molar-refractivity contribution in [1.29, 1.82) is 0 Å². The summed E-state index contributed by atoms with van der Waals surface area (Å²) in [6.07, 6.45) is 2.11. The van der Waals surface area contributed by atoms with E-state index < -0.39 is 0 Å². The monoisotopic (exact) mass is 378 g/mol. The number of nitrogens with zero attached hydrogens (tertiary/aromatic N) is 2. The van der Waals surface area contributed by atoms with Crippen LogP contribution in [0.2, 0.25) is 0 Å². The van der Waals surface area contributed by atoms with Crippen molar-refractivity contribution in [3.8, 4) is 0 Å². The predicted octanol–water partition coefficient (Wildman–Crippen LogP) is 2.49. The van der Waals surface area contributed by atoms with Crippen molar-refractivity contribution in [3.05, 3.63) is 15.9 Å². The molecule has 4 nitrogen and oxygen atoms in total. The lowest BCUT2D eigenvalue weighted by Gasteiger charge is -2.35. The molecule has 0 aliphatic carbocycles. The van der Waals surface area contributed by atoms with Crippen LogP contribution in [-0.4, -0.2) is 37.8 Å². The maximum absolute atomic E-state index is 5.86. The van der Waals surface area contributed by atoms with E-state index in [2.05, 4.69) is 56.9 Å². The Morgan fingerprint density at radius 3 is 2.75 bits per heavy atom. The van der Waals surface area contributed by atoms with Crippen LogP contribution in [0.15, 0.2) is 4.47 Å². The fourth-order valence-corrected chi connectivity index (χ4v) is 6.43. The van der Waals surface area contributed by atoms with Crippen LogP contribution in [0.3, 0.4) is 0 Å². The van der Waals surface area contributed by atoms with Crippen molar-refractivity contribution < 1.29 is 0 Å². The summed E-state index contributed by atoms with van der Waals surface area (Å²) in [7, 11) is 2.00. The summed E-state index contributed by atoms with van der Waals surface area (Å²) in [5.41, 5.74) is 5.31. The van der Waals surface area contributed by atoms with Crippen LogP contribution in [0, 0.1) is 6.92 Å². The summed E-state index contributed by atoms with van der Waals surface area (Å²) >= 11 is 7.80. The van der Waals surface area contributed by atoms with Gasteiger partial charge in [-0.3, -0.25) is 16.0 Å². The molecule has 3 atom stereocenters. The Morgan fingerprint density at radius 2 is 2.20 bits per heavy atom. The molecule has 2 heterocycles. The molecule has 20 heavy (non-hydrogen) atoms. The second-order valence-corrected chi connectivity index (χ2v) is 8.53. The SMILES string of the molecule is CCC1SCCSC1C(Cc1c(Br)c(C)nn1C)NN. The standard InChI is InChI=1S/C13H23BrN4S2/c1-4-11-13(20-6-5-19-11)9(16-15)7-10-12(14)8(2)17-18(10)3/h9,11,13,16H,4-7,15H2,1-3H3. The van der Waals surface area contributed by atoms with Gasteiger partial charge >= 0.3 is 0 Å². The highest BCUT2D eigenvalue weighted by Crippen LogP contribution is 2.36. The summed E-state index contributed by atoms with van der Waals surface area (Å²) in [5.74, 6) is 8.33. The first-order valence-electron chi connectivity index (χ1n) is 6.95. The number of aromatic nitrogens is 2. The molecular weight excluding hydrogens is 356 g/mol. The molecule has 1 aliphatic heterocycles. The fourth-order valence-electron chi connectivity index (χ4n) is 2.69. The van der Waals surface area contributed by atoms with Crippen molar-refractivity contribution in [2.75, 3.05) is 11.5 Å². The maximum Gasteiger partial charge on any atom is 0.0738 e. The highest BCUT2D eigenvalue weighted by molar-refractivity contribution is 9.10. The van der Waals surface area contributed by atoms with E-state index in [0.717, 1.165) is 16.6 Å². The highest BCUT2D eigenvalue weighted by atomic mass is 79.9. The quantitative estimate of drug-likeness (QED) is 0.608. The van der Waals surface area contributed by atoms with E-state index in [1.54, 1.807) is 0 Å². The average Bonchev–Trinajstić information content (AvgIpc) is 2.70. The molecule has 1 aromatic rings. The van der Waals surface area contributed by atoms with Crippen molar-refractivity contribution in [2.24, 2.45) is 12.9 Å². The van der Waals surface area contributed by atoms with Gasteiger partial charge in [0.2, 0.25) is 0 Å². The van der Waals surface area contributed by atoms with Crippen molar-refractivity contribution in [2.45, 2.75) is 43.2 Å². The molecule has 0 amide bonds. The predicted molar refractivity (Wildman–Crippen MR) is 93.2 cm³/mol. The van der Waals surface area contributed by atoms with Crippen LogP contribution in [-0.2, 0) is 13.5 Å². The zero-order chi connectivity index (χ0) is 14.7. The zero-order valence-electron chi connectivity index (χ0n) is 12.2. The second-order valence-electron chi connectivity index (χ2n) is 5.10. The molecule has 0 radical (unpaired) electrons. The average molecular weight is 379 g/mol. The van der Waals surface area contributed by atoms with Gasteiger partial charge in [-0.15, -0.1) is 0 Å². The number of rotatable bonds is 5. The van der Waals surface area contributed by atoms with E-state index in [-0.39, 0.29) is 6.04 Å². The van der Waals surface area contributed by atoms with Crippen LogP contribution in [0.4, 0.5) is 0 Å². The van der Waals surface area contributed by atoms with E-state index in [1.807, 2.05) is 18.7 Å². The summed E-state index contributed by atoms with van der Waals surface area (Å²) in [4.78, 5) is 0. The number of aryl methyl sites for hydroxylation is 2. The summed E-state index contributed by atoms with van der Waals surface area (Å²) < 4.78 is 3.08. The Balaban J connectivity index is 2.15. The molecule has 3 unspecified atom stereocenters. The minimum atomic E-state index is 0.281. The van der Waals surface area contributed by atoms with E-state index in [1.165, 1.54) is 23.6 Å². The molecule has 0 saturated carbocycles. The maximum atomic E-state index is 5.86. The van der Waals surface area contributed by atoms with Crippen molar-refractivity contribution >= 4 is 39.5 Å². The van der Waals surface area contributed by atoms with Crippen LogP contribution in [0.25, 0.3) is 0 Å². The first kappa shape index (κ1) is 16.7. The largest absolute Gasteiger partial charge is 0.271 e. The molecule has 114 valence electrons. The molecule has 3 N–H and O–H groups in total. The number of halogens is 1. The van der Waals surface area contributed by atoms with Gasteiger partial charge < -0.3 is 0 Å². The van der Waals surface area contributed by atoms with Gasteiger partial charge in [0.25, 0.3) is 0 Å². The summed E-state index contributed by atoms with van der Waals surface area (Å²) in [6, 6.07) is 0.281. The Kier molecular flexibility index (Phi) is 6.28.